The fraction of sp³-hybridized carbons (Fsp3) is 0.533. The van der Waals surface area contributed by atoms with Crippen LogP contribution in [-0.2, 0) is 6.54 Å². The van der Waals surface area contributed by atoms with Crippen LogP contribution in [0.4, 0.5) is 13.2 Å². The third-order valence-electron chi connectivity index (χ3n) is 3.48. The zero-order chi connectivity index (χ0) is 16.3. The van der Waals surface area contributed by atoms with Crippen LogP contribution in [0, 0.1) is 6.92 Å². The van der Waals surface area contributed by atoms with E-state index in [1.807, 2.05) is 18.0 Å². The van der Waals surface area contributed by atoms with Crippen molar-refractivity contribution in [2.45, 2.75) is 38.5 Å². The predicted octanol–water partition coefficient (Wildman–Crippen LogP) is 3.46. The zero-order valence-corrected chi connectivity index (χ0v) is 15.4. The lowest BCUT2D eigenvalue weighted by Crippen LogP contribution is -2.35. The van der Waals surface area contributed by atoms with Crippen LogP contribution in [0.5, 0.6) is 5.75 Å². The number of hydrogen-bond acceptors (Lipinski definition) is 2. The summed E-state index contributed by atoms with van der Waals surface area (Å²) in [5.74, 6) is 0.591. The molecule has 0 aromatic heterocycles. The van der Waals surface area contributed by atoms with Gasteiger partial charge in [-0.25, -0.2) is 4.99 Å². The van der Waals surface area contributed by atoms with Crippen LogP contribution in [0.1, 0.15) is 24.0 Å². The van der Waals surface area contributed by atoms with Crippen molar-refractivity contribution in [3.63, 3.8) is 0 Å². The maximum absolute atomic E-state index is 12.3. The Kier molecular flexibility index (Phi) is 6.97. The number of hydrogen-bond donors (Lipinski definition) is 1. The summed E-state index contributed by atoms with van der Waals surface area (Å²) in [6, 6.07) is 5.54. The number of nitrogens with zero attached hydrogens (tertiary/aromatic N) is 2. The van der Waals surface area contributed by atoms with E-state index in [4.69, 9.17) is 10.5 Å². The number of alkyl halides is 3. The molecule has 1 aromatic rings. The van der Waals surface area contributed by atoms with Gasteiger partial charge in [0.1, 0.15) is 5.75 Å². The van der Waals surface area contributed by atoms with Crippen LogP contribution in [0.3, 0.4) is 0 Å². The topological polar surface area (TPSA) is 50.8 Å². The summed E-state index contributed by atoms with van der Waals surface area (Å²) in [6.45, 7) is 0.670. The van der Waals surface area contributed by atoms with Crippen LogP contribution < -0.4 is 10.5 Å². The Labute approximate surface area is 150 Å². The van der Waals surface area contributed by atoms with E-state index >= 15 is 0 Å². The third kappa shape index (κ3) is 6.44. The largest absolute Gasteiger partial charge is 0.484 e. The molecule has 130 valence electrons. The molecule has 0 radical (unpaired) electrons. The Hall–Kier alpha value is -1.19. The highest BCUT2D eigenvalue weighted by molar-refractivity contribution is 14.0. The summed E-state index contributed by atoms with van der Waals surface area (Å²) in [4.78, 5) is 6.14. The van der Waals surface area contributed by atoms with Crippen molar-refractivity contribution in [1.82, 2.24) is 4.90 Å². The molecule has 4 nitrogen and oxygen atoms in total. The fourth-order valence-corrected chi connectivity index (χ4v) is 2.01. The quantitative estimate of drug-likeness (QED) is 0.431. The van der Waals surface area contributed by atoms with Crippen molar-refractivity contribution >= 4 is 29.9 Å². The normalized spacial score (nSPS) is 15.1. The first kappa shape index (κ1) is 19.9. The number of aliphatic imine (C=N–C) groups is 1. The maximum Gasteiger partial charge on any atom is 0.422 e. The van der Waals surface area contributed by atoms with E-state index in [2.05, 4.69) is 4.99 Å². The molecule has 1 aliphatic rings. The highest BCUT2D eigenvalue weighted by atomic mass is 127. The SMILES string of the molecule is Cc1ccc(CN=C(N)N(C)C2CC2)c(OCC(F)(F)F)c1.I. The number of benzene rings is 1. The molecule has 0 saturated heterocycles. The van der Waals surface area contributed by atoms with Crippen molar-refractivity contribution < 1.29 is 17.9 Å². The Morgan fingerprint density at radius 2 is 2.04 bits per heavy atom. The third-order valence-corrected chi connectivity index (χ3v) is 3.48. The molecule has 0 atom stereocenters. The number of halogens is 4. The van der Waals surface area contributed by atoms with E-state index in [0.717, 1.165) is 18.4 Å². The average molecular weight is 443 g/mol. The average Bonchev–Trinajstić information content (AvgIpc) is 3.26. The Bertz CT molecular complexity index is 559. The van der Waals surface area contributed by atoms with Crippen molar-refractivity contribution in [3.8, 4) is 5.75 Å². The Morgan fingerprint density at radius 1 is 1.39 bits per heavy atom. The minimum atomic E-state index is -4.37. The maximum atomic E-state index is 12.3. The monoisotopic (exact) mass is 443 g/mol. The second kappa shape index (κ2) is 8.07. The highest BCUT2D eigenvalue weighted by Gasteiger charge is 2.29. The van der Waals surface area contributed by atoms with Gasteiger partial charge in [0.25, 0.3) is 0 Å². The van der Waals surface area contributed by atoms with E-state index in [9.17, 15) is 13.2 Å². The van der Waals surface area contributed by atoms with Gasteiger partial charge < -0.3 is 15.4 Å². The molecule has 0 aliphatic heterocycles. The molecule has 0 spiro atoms. The standard InChI is InChI=1S/C15H20F3N3O.HI/c1-10-3-4-11(13(7-10)22-9-15(16,17)18)8-20-14(19)21(2)12-5-6-12;/h3-4,7,12H,5-6,8-9H2,1-2H3,(H2,19,20);1H. The van der Waals surface area contributed by atoms with Crippen molar-refractivity contribution in [1.29, 1.82) is 0 Å². The molecule has 1 aromatic carbocycles. The lowest BCUT2D eigenvalue weighted by Gasteiger charge is -2.17. The Morgan fingerprint density at radius 3 is 2.61 bits per heavy atom. The number of rotatable bonds is 5. The lowest BCUT2D eigenvalue weighted by molar-refractivity contribution is -0.153. The highest BCUT2D eigenvalue weighted by Crippen LogP contribution is 2.26. The fourth-order valence-electron chi connectivity index (χ4n) is 2.01. The van der Waals surface area contributed by atoms with Gasteiger partial charge in [-0.1, -0.05) is 12.1 Å². The molecule has 0 heterocycles. The van der Waals surface area contributed by atoms with Crippen LogP contribution in [-0.4, -0.2) is 36.7 Å². The molecule has 0 bridgehead atoms. The number of nitrogens with two attached hydrogens (primary N) is 1. The van der Waals surface area contributed by atoms with Gasteiger partial charge in [-0.3, -0.25) is 0 Å². The molecule has 1 saturated carbocycles. The molecule has 23 heavy (non-hydrogen) atoms. The number of ether oxygens (including phenoxy) is 1. The van der Waals surface area contributed by atoms with E-state index < -0.39 is 12.8 Å². The van der Waals surface area contributed by atoms with Gasteiger partial charge in [0.2, 0.25) is 0 Å². The number of guanidine groups is 1. The van der Waals surface area contributed by atoms with Gasteiger partial charge in [-0.05, 0) is 31.4 Å². The predicted molar refractivity (Wildman–Crippen MR) is 94.3 cm³/mol. The first-order valence-electron chi connectivity index (χ1n) is 7.08. The van der Waals surface area contributed by atoms with E-state index in [1.165, 1.54) is 0 Å². The van der Waals surface area contributed by atoms with Crippen molar-refractivity contribution in [3.05, 3.63) is 29.3 Å². The summed E-state index contributed by atoms with van der Waals surface area (Å²) in [6.07, 6.45) is -2.18. The van der Waals surface area contributed by atoms with E-state index in [1.54, 1.807) is 19.1 Å². The van der Waals surface area contributed by atoms with Crippen molar-refractivity contribution in [2.24, 2.45) is 10.7 Å². The van der Waals surface area contributed by atoms with Gasteiger partial charge in [0, 0.05) is 18.7 Å². The molecule has 0 unspecified atom stereocenters. The molecular weight excluding hydrogens is 422 g/mol. The first-order valence-corrected chi connectivity index (χ1v) is 7.08. The summed E-state index contributed by atoms with van der Waals surface area (Å²) in [5, 5.41) is 0. The van der Waals surface area contributed by atoms with Gasteiger partial charge >= 0.3 is 6.18 Å². The van der Waals surface area contributed by atoms with Crippen LogP contribution >= 0.6 is 24.0 Å². The summed E-state index contributed by atoms with van der Waals surface area (Å²) < 4.78 is 41.8. The summed E-state index contributed by atoms with van der Waals surface area (Å²) in [5.41, 5.74) is 7.30. The minimum absolute atomic E-state index is 0. The van der Waals surface area contributed by atoms with Gasteiger partial charge in [0.05, 0.1) is 6.54 Å². The number of aryl methyl sites for hydroxylation is 1. The summed E-state index contributed by atoms with van der Waals surface area (Å²) in [7, 11) is 1.87. The van der Waals surface area contributed by atoms with E-state index in [-0.39, 0.29) is 36.3 Å². The minimum Gasteiger partial charge on any atom is -0.484 e. The van der Waals surface area contributed by atoms with Gasteiger partial charge in [-0.2, -0.15) is 13.2 Å². The zero-order valence-electron chi connectivity index (χ0n) is 13.1. The van der Waals surface area contributed by atoms with Gasteiger partial charge in [-0.15, -0.1) is 24.0 Å². The molecule has 1 fully saturated rings. The molecule has 8 heteroatoms. The van der Waals surface area contributed by atoms with Crippen LogP contribution in [0.15, 0.2) is 23.2 Å². The second-order valence-corrected chi connectivity index (χ2v) is 5.53. The lowest BCUT2D eigenvalue weighted by atomic mass is 10.1. The van der Waals surface area contributed by atoms with E-state index in [0.29, 0.717) is 17.6 Å². The Balaban J connectivity index is 0.00000264. The second-order valence-electron chi connectivity index (χ2n) is 5.53. The molecular formula is C15H21F3IN3O. The first-order chi connectivity index (χ1) is 10.3. The molecule has 0 amide bonds. The molecule has 2 rings (SSSR count). The van der Waals surface area contributed by atoms with Crippen LogP contribution in [0.2, 0.25) is 0 Å². The van der Waals surface area contributed by atoms with Gasteiger partial charge in [0.15, 0.2) is 12.6 Å². The summed E-state index contributed by atoms with van der Waals surface area (Å²) >= 11 is 0. The molecule has 1 aliphatic carbocycles. The van der Waals surface area contributed by atoms with Crippen LogP contribution in [0.25, 0.3) is 0 Å². The molecule has 2 N–H and O–H groups in total. The smallest absolute Gasteiger partial charge is 0.422 e. The van der Waals surface area contributed by atoms with Crippen molar-refractivity contribution in [2.75, 3.05) is 13.7 Å².